The van der Waals surface area contributed by atoms with E-state index in [2.05, 4.69) is 22.1 Å². The Balaban J connectivity index is 1.93. The highest BCUT2D eigenvalue weighted by Crippen LogP contribution is 2.28. The largest absolute Gasteiger partial charge is 0.382 e. The Hall–Kier alpha value is -1.84. The molecule has 0 unspecified atom stereocenters. The standard InChI is InChI=1S/C16H24N4/c1-2-3-4-5-6-7-8-14-15(16(17)20-19-14)13-9-11-18-12-10-13/h9-12H,2-8H2,1H3,(H3,17,19,20). The Morgan fingerprint density at radius 1 is 1.05 bits per heavy atom. The van der Waals surface area contributed by atoms with Gasteiger partial charge in [0, 0.05) is 23.7 Å². The summed E-state index contributed by atoms with van der Waals surface area (Å²) in [6.45, 7) is 2.24. The molecule has 0 aliphatic rings. The lowest BCUT2D eigenvalue weighted by molar-refractivity contribution is 0.604. The first kappa shape index (κ1) is 14.6. The van der Waals surface area contributed by atoms with Crippen molar-refractivity contribution < 1.29 is 0 Å². The van der Waals surface area contributed by atoms with E-state index in [1.807, 2.05) is 12.1 Å². The lowest BCUT2D eigenvalue weighted by Crippen LogP contribution is -1.92. The number of aryl methyl sites for hydroxylation is 1. The van der Waals surface area contributed by atoms with Gasteiger partial charge in [-0.3, -0.25) is 10.1 Å². The molecule has 2 aromatic rings. The van der Waals surface area contributed by atoms with Crippen molar-refractivity contribution in [3.63, 3.8) is 0 Å². The van der Waals surface area contributed by atoms with Crippen molar-refractivity contribution in [2.24, 2.45) is 0 Å². The molecule has 2 rings (SSSR count). The fourth-order valence-electron chi connectivity index (χ4n) is 2.50. The first-order valence-electron chi connectivity index (χ1n) is 7.56. The van der Waals surface area contributed by atoms with E-state index in [-0.39, 0.29) is 0 Å². The zero-order valence-corrected chi connectivity index (χ0v) is 12.2. The van der Waals surface area contributed by atoms with Crippen molar-refractivity contribution in [3.05, 3.63) is 30.2 Å². The van der Waals surface area contributed by atoms with Crippen LogP contribution in [0.3, 0.4) is 0 Å². The van der Waals surface area contributed by atoms with Gasteiger partial charge in [0.25, 0.3) is 0 Å². The van der Waals surface area contributed by atoms with Gasteiger partial charge in [0.15, 0.2) is 5.82 Å². The fourth-order valence-corrected chi connectivity index (χ4v) is 2.50. The maximum atomic E-state index is 5.98. The second-order valence-corrected chi connectivity index (χ2v) is 5.22. The van der Waals surface area contributed by atoms with Gasteiger partial charge in [-0.1, -0.05) is 39.0 Å². The van der Waals surface area contributed by atoms with Crippen LogP contribution in [0.25, 0.3) is 11.1 Å². The van der Waals surface area contributed by atoms with Gasteiger partial charge in [-0.15, -0.1) is 0 Å². The quantitative estimate of drug-likeness (QED) is 0.715. The number of hydrogen-bond acceptors (Lipinski definition) is 3. The molecule has 2 aromatic heterocycles. The molecule has 0 amide bonds. The van der Waals surface area contributed by atoms with E-state index in [4.69, 9.17) is 5.73 Å². The molecule has 0 spiro atoms. The number of nitrogens with two attached hydrogens (primary N) is 1. The highest BCUT2D eigenvalue weighted by Gasteiger charge is 2.12. The van der Waals surface area contributed by atoms with Crippen molar-refractivity contribution in [1.29, 1.82) is 0 Å². The molecule has 0 saturated heterocycles. The second kappa shape index (κ2) is 7.68. The van der Waals surface area contributed by atoms with Gasteiger partial charge in [0.2, 0.25) is 0 Å². The summed E-state index contributed by atoms with van der Waals surface area (Å²) in [4.78, 5) is 4.05. The molecular weight excluding hydrogens is 248 g/mol. The molecule has 3 N–H and O–H groups in total. The van der Waals surface area contributed by atoms with E-state index in [0.717, 1.165) is 23.2 Å². The monoisotopic (exact) mass is 272 g/mol. The van der Waals surface area contributed by atoms with Gasteiger partial charge in [0.05, 0.1) is 0 Å². The van der Waals surface area contributed by atoms with Crippen LogP contribution in [-0.4, -0.2) is 15.2 Å². The predicted octanol–water partition coefficient (Wildman–Crippen LogP) is 3.96. The number of aromatic nitrogens is 3. The zero-order chi connectivity index (χ0) is 14.2. The Morgan fingerprint density at radius 3 is 2.50 bits per heavy atom. The van der Waals surface area contributed by atoms with Crippen LogP contribution in [0, 0.1) is 0 Å². The Bertz CT molecular complexity index is 504. The van der Waals surface area contributed by atoms with Gasteiger partial charge < -0.3 is 5.73 Å². The summed E-state index contributed by atoms with van der Waals surface area (Å²) in [5, 5.41) is 7.23. The molecule has 0 aromatic carbocycles. The lowest BCUT2D eigenvalue weighted by Gasteiger charge is -2.04. The van der Waals surface area contributed by atoms with Gasteiger partial charge in [-0.2, -0.15) is 5.10 Å². The summed E-state index contributed by atoms with van der Waals surface area (Å²) in [7, 11) is 0. The molecule has 0 radical (unpaired) electrons. The number of H-pyrrole nitrogens is 1. The normalized spacial score (nSPS) is 10.8. The molecule has 4 heteroatoms. The number of rotatable bonds is 8. The van der Waals surface area contributed by atoms with Crippen LogP contribution in [0.2, 0.25) is 0 Å². The molecule has 2 heterocycles. The first-order chi connectivity index (χ1) is 9.83. The molecule has 0 aliphatic carbocycles. The van der Waals surface area contributed by atoms with Crippen molar-refractivity contribution in [3.8, 4) is 11.1 Å². The van der Waals surface area contributed by atoms with Crippen LogP contribution in [0.5, 0.6) is 0 Å². The number of nitrogens with one attached hydrogen (secondary N) is 1. The van der Waals surface area contributed by atoms with E-state index >= 15 is 0 Å². The highest BCUT2D eigenvalue weighted by molar-refractivity contribution is 5.75. The number of hydrogen-bond donors (Lipinski definition) is 2. The molecule has 0 aliphatic heterocycles. The number of nitrogen functional groups attached to an aromatic ring is 1. The number of nitrogens with zero attached hydrogens (tertiary/aromatic N) is 2. The second-order valence-electron chi connectivity index (χ2n) is 5.22. The van der Waals surface area contributed by atoms with Crippen molar-refractivity contribution in [1.82, 2.24) is 15.2 Å². The summed E-state index contributed by atoms with van der Waals surface area (Å²) in [6, 6.07) is 3.96. The van der Waals surface area contributed by atoms with E-state index in [1.54, 1.807) is 12.4 Å². The average Bonchev–Trinajstić information content (AvgIpc) is 2.84. The van der Waals surface area contributed by atoms with Crippen LogP contribution < -0.4 is 5.73 Å². The third-order valence-electron chi connectivity index (χ3n) is 3.62. The maximum Gasteiger partial charge on any atom is 0.153 e. The number of aromatic amines is 1. The van der Waals surface area contributed by atoms with Gasteiger partial charge >= 0.3 is 0 Å². The van der Waals surface area contributed by atoms with Gasteiger partial charge in [0.1, 0.15) is 0 Å². The summed E-state index contributed by atoms with van der Waals surface area (Å²) < 4.78 is 0. The number of anilines is 1. The third-order valence-corrected chi connectivity index (χ3v) is 3.62. The van der Waals surface area contributed by atoms with Gasteiger partial charge in [-0.25, -0.2) is 0 Å². The molecule has 0 atom stereocenters. The third kappa shape index (κ3) is 3.83. The Kier molecular flexibility index (Phi) is 5.59. The summed E-state index contributed by atoms with van der Waals surface area (Å²) in [6.07, 6.45) is 12.3. The van der Waals surface area contributed by atoms with E-state index in [9.17, 15) is 0 Å². The molecule has 4 nitrogen and oxygen atoms in total. The Labute approximate surface area is 120 Å². The van der Waals surface area contributed by atoms with Crippen LogP contribution in [0.1, 0.15) is 51.1 Å². The van der Waals surface area contributed by atoms with Crippen molar-refractivity contribution in [2.75, 3.05) is 5.73 Å². The zero-order valence-electron chi connectivity index (χ0n) is 12.2. The van der Waals surface area contributed by atoms with E-state index < -0.39 is 0 Å². The molecular formula is C16H24N4. The van der Waals surface area contributed by atoms with Crippen LogP contribution in [0.15, 0.2) is 24.5 Å². The van der Waals surface area contributed by atoms with Crippen LogP contribution in [-0.2, 0) is 6.42 Å². The summed E-state index contributed by atoms with van der Waals surface area (Å²) >= 11 is 0. The minimum absolute atomic E-state index is 0.581. The number of unbranched alkanes of at least 4 members (excludes halogenated alkanes) is 5. The number of pyridine rings is 1. The predicted molar refractivity (Wildman–Crippen MR) is 83.3 cm³/mol. The minimum atomic E-state index is 0.581. The van der Waals surface area contributed by atoms with Crippen LogP contribution >= 0.6 is 0 Å². The lowest BCUT2D eigenvalue weighted by atomic mass is 10.0. The minimum Gasteiger partial charge on any atom is -0.382 e. The maximum absolute atomic E-state index is 5.98. The SMILES string of the molecule is CCCCCCCCc1[nH]nc(N)c1-c1ccncc1. The summed E-state index contributed by atoms with van der Waals surface area (Å²) in [5.41, 5.74) is 9.26. The highest BCUT2D eigenvalue weighted by atomic mass is 15.2. The van der Waals surface area contributed by atoms with E-state index in [1.165, 1.54) is 38.5 Å². The van der Waals surface area contributed by atoms with Crippen molar-refractivity contribution in [2.45, 2.75) is 51.9 Å². The topological polar surface area (TPSA) is 67.6 Å². The average molecular weight is 272 g/mol. The fraction of sp³-hybridized carbons (Fsp3) is 0.500. The smallest absolute Gasteiger partial charge is 0.153 e. The molecule has 108 valence electrons. The Morgan fingerprint density at radius 2 is 1.75 bits per heavy atom. The molecule has 0 bridgehead atoms. The van der Waals surface area contributed by atoms with Gasteiger partial charge in [-0.05, 0) is 30.5 Å². The first-order valence-corrected chi connectivity index (χ1v) is 7.56. The molecule has 0 saturated carbocycles. The van der Waals surface area contributed by atoms with E-state index in [0.29, 0.717) is 5.82 Å². The summed E-state index contributed by atoms with van der Waals surface area (Å²) in [5.74, 6) is 0.581. The molecule has 0 fully saturated rings. The van der Waals surface area contributed by atoms with Crippen molar-refractivity contribution >= 4 is 5.82 Å². The van der Waals surface area contributed by atoms with Crippen LogP contribution in [0.4, 0.5) is 5.82 Å². The molecule has 20 heavy (non-hydrogen) atoms.